The van der Waals surface area contributed by atoms with Crippen molar-refractivity contribution in [2.75, 3.05) is 4.90 Å². The number of anilines is 1. The molecule has 0 radical (unpaired) electrons. The molecule has 0 amide bonds. The second kappa shape index (κ2) is 7.35. The molecule has 0 N–H and O–H groups in total. The molecule has 0 heterocycles. The lowest BCUT2D eigenvalue weighted by atomic mass is 10.0. The van der Waals surface area contributed by atoms with Crippen molar-refractivity contribution in [2.24, 2.45) is 0 Å². The normalized spacial score (nSPS) is 13.0. The zero-order chi connectivity index (χ0) is 19.4. The number of rotatable bonds is 5. The number of hydrogen-bond acceptors (Lipinski definition) is 1. The van der Waals surface area contributed by atoms with Crippen LogP contribution in [0.15, 0.2) is 72.8 Å². The maximum absolute atomic E-state index is 7.72. The van der Waals surface area contributed by atoms with Gasteiger partial charge in [-0.1, -0.05) is 78.4 Å². The van der Waals surface area contributed by atoms with E-state index in [9.17, 15) is 0 Å². The third-order valence-corrected chi connectivity index (χ3v) is 4.24. The Balaban J connectivity index is 2.02. The van der Waals surface area contributed by atoms with Crippen LogP contribution in [0.1, 0.15) is 31.9 Å². The van der Waals surface area contributed by atoms with E-state index in [1.807, 2.05) is 50.2 Å². The molecule has 122 valence electrons. The summed E-state index contributed by atoms with van der Waals surface area (Å²) in [5.41, 5.74) is 5.96. The SMILES string of the molecule is [2H]C([2H])([2H])c1cc(C)c(N(Cc2ccccc2)Cc2ccccc2)c(C)c1. The summed E-state index contributed by atoms with van der Waals surface area (Å²) in [6.45, 7) is 3.45. The second-order valence-electron chi connectivity index (χ2n) is 6.29. The fraction of sp³-hybridized carbons (Fsp3) is 0.217. The van der Waals surface area contributed by atoms with Gasteiger partial charge in [-0.3, -0.25) is 0 Å². The summed E-state index contributed by atoms with van der Waals surface area (Å²) >= 11 is 0. The van der Waals surface area contributed by atoms with Crippen molar-refractivity contribution in [1.82, 2.24) is 0 Å². The standard InChI is InChI=1S/C23H25N/c1-18-14-19(2)23(20(3)15-18)24(16-21-10-6-4-7-11-21)17-22-12-8-5-9-13-22/h4-15H,16-17H2,1-3H3/i1D3. The molecule has 0 unspecified atom stereocenters. The first-order chi connectivity index (χ1) is 12.8. The molecule has 0 fully saturated rings. The number of benzene rings is 3. The maximum Gasteiger partial charge on any atom is 0.0433 e. The lowest BCUT2D eigenvalue weighted by molar-refractivity contribution is 0.792. The zero-order valence-corrected chi connectivity index (χ0v) is 14.3. The highest BCUT2D eigenvalue weighted by molar-refractivity contribution is 5.60. The molecule has 0 aliphatic carbocycles. The van der Waals surface area contributed by atoms with Crippen LogP contribution in [-0.4, -0.2) is 0 Å². The summed E-state index contributed by atoms with van der Waals surface area (Å²) in [4.78, 5) is 2.33. The molecular formula is C23H25N. The number of aryl methyl sites for hydroxylation is 3. The summed E-state index contributed by atoms with van der Waals surface area (Å²) in [7, 11) is 0. The fourth-order valence-electron chi connectivity index (χ4n) is 3.28. The van der Waals surface area contributed by atoms with Gasteiger partial charge in [0.15, 0.2) is 0 Å². The number of hydrogen-bond donors (Lipinski definition) is 0. The highest BCUT2D eigenvalue weighted by atomic mass is 15.1. The molecule has 1 nitrogen and oxygen atoms in total. The van der Waals surface area contributed by atoms with Gasteiger partial charge in [-0.2, -0.15) is 0 Å². The Kier molecular flexibility index (Phi) is 3.93. The Labute approximate surface area is 149 Å². The highest BCUT2D eigenvalue weighted by Crippen LogP contribution is 2.29. The van der Waals surface area contributed by atoms with Crippen molar-refractivity contribution >= 4 is 5.69 Å². The molecule has 0 aliphatic heterocycles. The van der Waals surface area contributed by atoms with E-state index in [2.05, 4.69) is 29.2 Å². The van der Waals surface area contributed by atoms with Gasteiger partial charge in [0.05, 0.1) is 0 Å². The highest BCUT2D eigenvalue weighted by Gasteiger charge is 2.14. The van der Waals surface area contributed by atoms with Crippen molar-refractivity contribution in [3.05, 3.63) is 101 Å². The van der Waals surface area contributed by atoms with Crippen LogP contribution < -0.4 is 4.90 Å². The molecule has 0 atom stereocenters. The fourth-order valence-corrected chi connectivity index (χ4v) is 3.28. The molecule has 0 bridgehead atoms. The van der Waals surface area contributed by atoms with Crippen molar-refractivity contribution in [3.63, 3.8) is 0 Å². The molecule has 3 aromatic rings. The van der Waals surface area contributed by atoms with Gasteiger partial charge in [-0.05, 0) is 43.0 Å². The lowest BCUT2D eigenvalue weighted by Crippen LogP contribution is -2.24. The van der Waals surface area contributed by atoms with Crippen LogP contribution in [0.25, 0.3) is 0 Å². The topological polar surface area (TPSA) is 3.24 Å². The van der Waals surface area contributed by atoms with Crippen LogP contribution in [-0.2, 0) is 13.1 Å². The van der Waals surface area contributed by atoms with E-state index in [1.165, 1.54) is 11.1 Å². The monoisotopic (exact) mass is 318 g/mol. The van der Waals surface area contributed by atoms with E-state index in [4.69, 9.17) is 4.11 Å². The first-order valence-corrected chi connectivity index (χ1v) is 8.29. The summed E-state index contributed by atoms with van der Waals surface area (Å²) in [6, 6.07) is 24.3. The molecule has 0 aliphatic rings. The molecule has 3 aromatic carbocycles. The van der Waals surface area contributed by atoms with Crippen LogP contribution in [0.3, 0.4) is 0 Å². The lowest BCUT2D eigenvalue weighted by Gasteiger charge is -2.29. The van der Waals surface area contributed by atoms with Crippen molar-refractivity contribution in [3.8, 4) is 0 Å². The summed E-state index contributed by atoms with van der Waals surface area (Å²) in [5, 5.41) is 0. The third kappa shape index (κ3) is 3.86. The predicted octanol–water partition coefficient (Wildman–Crippen LogP) is 5.82. The second-order valence-corrected chi connectivity index (χ2v) is 6.29. The molecular weight excluding hydrogens is 290 g/mol. The Hall–Kier alpha value is -2.54. The van der Waals surface area contributed by atoms with Gasteiger partial charge >= 0.3 is 0 Å². The van der Waals surface area contributed by atoms with Crippen LogP contribution in [0.4, 0.5) is 5.69 Å². The van der Waals surface area contributed by atoms with E-state index in [1.54, 1.807) is 12.1 Å². The minimum absolute atomic E-state index is 0.403. The van der Waals surface area contributed by atoms with Gasteiger partial charge < -0.3 is 4.90 Å². The molecule has 0 saturated heterocycles. The van der Waals surface area contributed by atoms with Gasteiger partial charge in [-0.25, -0.2) is 0 Å². The van der Waals surface area contributed by atoms with Crippen LogP contribution >= 0.6 is 0 Å². The quantitative estimate of drug-likeness (QED) is 0.573. The van der Waals surface area contributed by atoms with Crippen LogP contribution in [0, 0.1) is 20.7 Å². The molecule has 24 heavy (non-hydrogen) atoms. The molecule has 0 aromatic heterocycles. The third-order valence-electron chi connectivity index (χ3n) is 4.24. The van der Waals surface area contributed by atoms with Gasteiger partial charge in [0.2, 0.25) is 0 Å². The van der Waals surface area contributed by atoms with Gasteiger partial charge in [-0.15, -0.1) is 0 Å². The van der Waals surface area contributed by atoms with Crippen molar-refractivity contribution < 1.29 is 4.11 Å². The predicted molar refractivity (Wildman–Crippen MR) is 103 cm³/mol. The summed E-state index contributed by atoms with van der Waals surface area (Å²) < 4.78 is 23.2. The van der Waals surface area contributed by atoms with E-state index >= 15 is 0 Å². The maximum atomic E-state index is 7.72. The minimum Gasteiger partial charge on any atom is -0.362 e. The summed E-state index contributed by atoms with van der Waals surface area (Å²) in [6.07, 6.45) is 0. The smallest absolute Gasteiger partial charge is 0.0433 e. The molecule has 1 heteroatoms. The Morgan fingerprint density at radius 2 is 1.21 bits per heavy atom. The Bertz CT molecular complexity index is 822. The van der Waals surface area contributed by atoms with Crippen LogP contribution in [0.5, 0.6) is 0 Å². The van der Waals surface area contributed by atoms with E-state index < -0.39 is 6.85 Å². The molecule has 3 rings (SSSR count). The zero-order valence-electron chi connectivity index (χ0n) is 17.3. The Morgan fingerprint density at radius 3 is 1.62 bits per heavy atom. The first kappa shape index (κ1) is 12.8. The van der Waals surface area contributed by atoms with Gasteiger partial charge in [0, 0.05) is 22.9 Å². The summed E-state index contributed by atoms with van der Waals surface area (Å²) in [5.74, 6) is 0. The van der Waals surface area contributed by atoms with Crippen molar-refractivity contribution in [1.29, 1.82) is 0 Å². The number of nitrogens with zero attached hydrogens (tertiary/aromatic N) is 1. The van der Waals surface area contributed by atoms with E-state index in [0.717, 1.165) is 29.9 Å². The van der Waals surface area contributed by atoms with E-state index in [-0.39, 0.29) is 0 Å². The minimum atomic E-state index is -2.09. The molecule has 0 saturated carbocycles. The Morgan fingerprint density at radius 1 is 0.750 bits per heavy atom. The van der Waals surface area contributed by atoms with Gasteiger partial charge in [0.25, 0.3) is 0 Å². The first-order valence-electron chi connectivity index (χ1n) is 9.79. The molecule has 0 spiro atoms. The van der Waals surface area contributed by atoms with Crippen LogP contribution in [0.2, 0.25) is 0 Å². The van der Waals surface area contributed by atoms with Crippen molar-refractivity contribution in [2.45, 2.75) is 33.8 Å². The average Bonchev–Trinajstić information content (AvgIpc) is 2.62. The average molecular weight is 318 g/mol. The van der Waals surface area contributed by atoms with Gasteiger partial charge in [0.1, 0.15) is 0 Å². The van der Waals surface area contributed by atoms with E-state index in [0.29, 0.717) is 5.56 Å². The largest absolute Gasteiger partial charge is 0.362 e.